The number of rotatable bonds is 6. The van der Waals surface area contributed by atoms with Crippen molar-refractivity contribution in [1.29, 1.82) is 0 Å². The van der Waals surface area contributed by atoms with E-state index in [1.54, 1.807) is 41.0 Å². The molecule has 1 aliphatic rings. The molecule has 26 heavy (non-hydrogen) atoms. The molecule has 0 unspecified atom stereocenters. The minimum absolute atomic E-state index is 0.0238. The number of nitrogens with one attached hydrogen (secondary N) is 1. The number of carbonyl (C=O) groups excluding carboxylic acids is 1. The number of aryl methyl sites for hydroxylation is 1. The van der Waals surface area contributed by atoms with Gasteiger partial charge in [0.25, 0.3) is 10.0 Å². The number of amides is 1. The average Bonchev–Trinajstić information content (AvgIpc) is 3.30. The zero-order valence-corrected chi connectivity index (χ0v) is 15.4. The summed E-state index contributed by atoms with van der Waals surface area (Å²) in [6.45, 7) is 1.57. The molecule has 0 atom stereocenters. The first-order valence-corrected chi connectivity index (χ1v) is 9.90. The number of hydrogen-bond acceptors (Lipinski definition) is 5. The number of likely N-dealkylation sites (tertiary alicyclic amines) is 1. The van der Waals surface area contributed by atoms with Gasteiger partial charge in [-0.3, -0.25) is 4.79 Å². The van der Waals surface area contributed by atoms with Crippen molar-refractivity contribution in [3.63, 3.8) is 0 Å². The Morgan fingerprint density at radius 1 is 1.42 bits per heavy atom. The monoisotopic (exact) mass is 378 g/mol. The van der Waals surface area contributed by atoms with Crippen molar-refractivity contribution < 1.29 is 17.6 Å². The molecule has 0 aromatic carbocycles. The van der Waals surface area contributed by atoms with Crippen LogP contribution in [-0.2, 0) is 21.9 Å². The van der Waals surface area contributed by atoms with E-state index in [4.69, 9.17) is 4.42 Å². The molecule has 140 valence electrons. The van der Waals surface area contributed by atoms with Gasteiger partial charge in [-0.2, -0.15) is 0 Å². The Morgan fingerprint density at radius 3 is 2.81 bits per heavy atom. The summed E-state index contributed by atoms with van der Waals surface area (Å²) in [7, 11) is -1.87. The molecule has 3 heterocycles. The van der Waals surface area contributed by atoms with E-state index in [2.05, 4.69) is 9.71 Å². The molecule has 1 fully saturated rings. The lowest BCUT2D eigenvalue weighted by Crippen LogP contribution is -2.41. The Kier molecular flexibility index (Phi) is 5.58. The van der Waals surface area contributed by atoms with Crippen LogP contribution in [0.25, 0.3) is 6.08 Å². The van der Waals surface area contributed by atoms with E-state index in [1.807, 2.05) is 0 Å². The van der Waals surface area contributed by atoms with Crippen molar-refractivity contribution in [1.82, 2.24) is 19.2 Å². The molecule has 0 saturated carbocycles. The highest BCUT2D eigenvalue weighted by atomic mass is 32.2. The highest BCUT2D eigenvalue weighted by Crippen LogP contribution is 2.18. The second kappa shape index (κ2) is 7.88. The summed E-state index contributed by atoms with van der Waals surface area (Å²) in [6, 6.07) is 3.55. The summed E-state index contributed by atoms with van der Waals surface area (Å²) >= 11 is 0. The quantitative estimate of drug-likeness (QED) is 0.763. The van der Waals surface area contributed by atoms with E-state index in [0.29, 0.717) is 25.4 Å². The Hall–Kier alpha value is -2.39. The predicted molar refractivity (Wildman–Crippen MR) is 95.4 cm³/mol. The van der Waals surface area contributed by atoms with E-state index < -0.39 is 10.0 Å². The molecule has 2 aromatic heterocycles. The predicted octanol–water partition coefficient (Wildman–Crippen LogP) is 1.24. The van der Waals surface area contributed by atoms with Gasteiger partial charge in [0.2, 0.25) is 5.91 Å². The van der Waals surface area contributed by atoms with Crippen molar-refractivity contribution in [3.8, 4) is 0 Å². The van der Waals surface area contributed by atoms with Crippen LogP contribution in [0.3, 0.4) is 0 Å². The molecule has 3 rings (SSSR count). The number of hydrogen-bond donors (Lipinski definition) is 1. The molecular formula is C17H22N4O4S. The second-order valence-corrected chi connectivity index (χ2v) is 8.06. The third-order valence-electron chi connectivity index (χ3n) is 4.38. The van der Waals surface area contributed by atoms with Crippen LogP contribution < -0.4 is 4.72 Å². The molecule has 1 N–H and O–H groups in total. The SMILES string of the molecule is Cn1cnc(S(=O)(=O)NCC2CCN(C(=O)/C=C/c3ccco3)CC2)c1. The fourth-order valence-corrected chi connectivity index (χ4v) is 3.93. The van der Waals surface area contributed by atoms with Crippen LogP contribution in [0.1, 0.15) is 18.6 Å². The minimum atomic E-state index is -3.59. The fourth-order valence-electron chi connectivity index (χ4n) is 2.83. The van der Waals surface area contributed by atoms with Crippen LogP contribution in [0.5, 0.6) is 0 Å². The summed E-state index contributed by atoms with van der Waals surface area (Å²) < 4.78 is 33.7. The zero-order valence-electron chi connectivity index (χ0n) is 14.5. The first kappa shape index (κ1) is 18.4. The number of sulfonamides is 1. The van der Waals surface area contributed by atoms with E-state index in [1.165, 1.54) is 18.6 Å². The van der Waals surface area contributed by atoms with Crippen LogP contribution in [0.2, 0.25) is 0 Å². The van der Waals surface area contributed by atoms with Gasteiger partial charge in [-0.1, -0.05) is 0 Å². The van der Waals surface area contributed by atoms with E-state index >= 15 is 0 Å². The standard InChI is InChI=1S/C17H22N4O4S/c1-20-12-16(18-13-20)26(23,24)19-11-14-6-8-21(9-7-14)17(22)5-4-15-3-2-10-25-15/h2-5,10,12-14,19H,6-9,11H2,1H3/b5-4+. The molecule has 0 bridgehead atoms. The molecule has 9 heteroatoms. The highest BCUT2D eigenvalue weighted by molar-refractivity contribution is 7.89. The van der Waals surface area contributed by atoms with Crippen molar-refractivity contribution in [2.45, 2.75) is 17.9 Å². The van der Waals surface area contributed by atoms with Gasteiger partial charge in [0.15, 0.2) is 5.03 Å². The lowest BCUT2D eigenvalue weighted by atomic mass is 9.97. The van der Waals surface area contributed by atoms with Crippen LogP contribution in [0, 0.1) is 5.92 Å². The summed E-state index contributed by atoms with van der Waals surface area (Å²) in [5.74, 6) is 0.776. The van der Waals surface area contributed by atoms with Crippen LogP contribution in [-0.4, -0.2) is 48.4 Å². The second-order valence-electron chi connectivity index (χ2n) is 6.35. The van der Waals surface area contributed by atoms with Gasteiger partial charge in [0, 0.05) is 39.0 Å². The number of piperidine rings is 1. The van der Waals surface area contributed by atoms with E-state index in [9.17, 15) is 13.2 Å². The molecule has 1 amide bonds. The Bertz CT molecular complexity index is 862. The maximum atomic E-state index is 12.2. The van der Waals surface area contributed by atoms with Gasteiger partial charge in [-0.25, -0.2) is 18.1 Å². The molecule has 0 radical (unpaired) electrons. The first-order chi connectivity index (χ1) is 12.4. The number of nitrogens with zero attached hydrogens (tertiary/aromatic N) is 3. The van der Waals surface area contributed by atoms with E-state index in [-0.39, 0.29) is 16.9 Å². The number of furan rings is 1. The minimum Gasteiger partial charge on any atom is -0.465 e. The first-order valence-electron chi connectivity index (χ1n) is 8.42. The van der Waals surface area contributed by atoms with Crippen LogP contribution >= 0.6 is 0 Å². The molecule has 0 spiro atoms. The van der Waals surface area contributed by atoms with Gasteiger partial charge in [-0.15, -0.1) is 0 Å². The van der Waals surface area contributed by atoms with Crippen LogP contribution in [0.15, 0.2) is 46.4 Å². The molecule has 0 aliphatic carbocycles. The normalized spacial score (nSPS) is 16.4. The Labute approximate surface area is 152 Å². The van der Waals surface area contributed by atoms with Gasteiger partial charge in [0.05, 0.1) is 12.6 Å². The molecule has 8 nitrogen and oxygen atoms in total. The van der Waals surface area contributed by atoms with Crippen LogP contribution in [0.4, 0.5) is 0 Å². The molecule has 1 aliphatic heterocycles. The molecule has 1 saturated heterocycles. The van der Waals surface area contributed by atoms with Crippen molar-refractivity contribution in [2.75, 3.05) is 19.6 Å². The summed E-state index contributed by atoms with van der Waals surface area (Å²) in [5.41, 5.74) is 0. The Balaban J connectivity index is 1.46. The van der Waals surface area contributed by atoms with Crippen molar-refractivity contribution in [3.05, 3.63) is 42.8 Å². The topological polar surface area (TPSA) is 97.4 Å². The average molecular weight is 378 g/mol. The molecule has 2 aromatic rings. The highest BCUT2D eigenvalue weighted by Gasteiger charge is 2.24. The van der Waals surface area contributed by atoms with Gasteiger partial charge in [0.1, 0.15) is 5.76 Å². The zero-order chi connectivity index (χ0) is 18.6. The van der Waals surface area contributed by atoms with Gasteiger partial charge < -0.3 is 13.9 Å². The fraction of sp³-hybridized carbons (Fsp3) is 0.412. The number of imidazole rings is 1. The maximum absolute atomic E-state index is 12.2. The van der Waals surface area contributed by atoms with Crippen molar-refractivity contribution >= 4 is 22.0 Å². The lowest BCUT2D eigenvalue weighted by Gasteiger charge is -2.31. The summed E-state index contributed by atoms with van der Waals surface area (Å²) in [5, 5.41) is 0.0238. The van der Waals surface area contributed by atoms with Gasteiger partial charge in [-0.05, 0) is 37.0 Å². The third kappa shape index (κ3) is 4.61. The maximum Gasteiger partial charge on any atom is 0.259 e. The van der Waals surface area contributed by atoms with Gasteiger partial charge >= 0.3 is 0 Å². The number of aromatic nitrogens is 2. The Morgan fingerprint density at radius 2 is 2.19 bits per heavy atom. The van der Waals surface area contributed by atoms with E-state index in [0.717, 1.165) is 12.8 Å². The lowest BCUT2D eigenvalue weighted by molar-refractivity contribution is -0.127. The summed E-state index contributed by atoms with van der Waals surface area (Å²) in [4.78, 5) is 17.8. The third-order valence-corrected chi connectivity index (χ3v) is 5.69. The van der Waals surface area contributed by atoms with Crippen molar-refractivity contribution in [2.24, 2.45) is 13.0 Å². The smallest absolute Gasteiger partial charge is 0.259 e. The largest absolute Gasteiger partial charge is 0.465 e. The number of carbonyl (C=O) groups is 1. The summed E-state index contributed by atoms with van der Waals surface area (Å²) in [6.07, 6.45) is 9.14. The molecular weight excluding hydrogens is 356 g/mol.